The van der Waals surface area contributed by atoms with E-state index in [0.717, 1.165) is 143 Å². The number of aliphatic hydroxyl groups is 3. The molecule has 624 valence electrons. The molecule has 5 atom stereocenters. The smallest absolute Gasteiger partial charge is 0.410 e. The summed E-state index contributed by atoms with van der Waals surface area (Å²) in [6, 6.07) is 14.8. The van der Waals surface area contributed by atoms with Crippen LogP contribution in [0.15, 0.2) is 48.5 Å². The van der Waals surface area contributed by atoms with E-state index >= 15 is 0 Å². The summed E-state index contributed by atoms with van der Waals surface area (Å²) in [6.45, 7) is 59.3. The molecule has 3 amide bonds. The van der Waals surface area contributed by atoms with E-state index in [4.69, 9.17) is 47.4 Å². The fraction of sp³-hybridized carbons (Fsp3) is 0.792. The number of amides is 3. The molecule has 5 unspecified atom stereocenters. The molecule has 0 radical (unpaired) electrons. The highest BCUT2D eigenvalue weighted by Gasteiger charge is 2.28. The number of carbonyl (C=O) groups is 3. The SMILES string of the molecule is CC(C)(C)OC(=O)NCCN(CC(CO)NC(=O)OC(C)(C)C)C(=O)OC(C)(C)C.CCN(CC)CCN(CC)CC(CO)N(CC)CC.CCN(CC)CCN(CC)CC(Cc1ccc(O)cc1)N(CC)CC.Cl.Cl.Cl.Cl.Cl.Cl.NCCNCC(N)CO.NCCNCC(N)Cc1ccc(O)cc1. The fourth-order valence-electron chi connectivity index (χ4n) is 9.91. The number of nitrogens with zero attached hydrogens (tertiary/aromatic N) is 7. The van der Waals surface area contributed by atoms with E-state index in [1.54, 1.807) is 86.6 Å². The van der Waals surface area contributed by atoms with Crippen molar-refractivity contribution in [3.8, 4) is 11.5 Å². The number of aliphatic hydroxyl groups excluding tert-OH is 3. The number of carbonyl (C=O) groups excluding carboxylic acids is 3. The molecule has 0 spiro atoms. The van der Waals surface area contributed by atoms with Crippen LogP contribution in [-0.2, 0) is 27.1 Å². The maximum absolute atomic E-state index is 12.6. The van der Waals surface area contributed by atoms with Gasteiger partial charge in [0.05, 0.1) is 25.9 Å². The molecule has 0 aromatic heterocycles. The zero-order chi connectivity index (χ0) is 75.3. The number of benzene rings is 2. The predicted molar refractivity (Wildman–Crippen MR) is 447 cm³/mol. The number of phenolic OH excluding ortho intramolecular Hbond substituents is 2. The number of likely N-dealkylation sites (N-methyl/N-ethyl adjacent to an activating group) is 6. The highest BCUT2D eigenvalue weighted by Crippen LogP contribution is 2.17. The van der Waals surface area contributed by atoms with Gasteiger partial charge in [-0.25, -0.2) is 14.4 Å². The number of alkyl carbamates (subject to hydrolysis) is 2. The first kappa shape index (κ1) is 119. The third-order valence-electron chi connectivity index (χ3n) is 15.6. The summed E-state index contributed by atoms with van der Waals surface area (Å²) < 4.78 is 15.7. The van der Waals surface area contributed by atoms with Gasteiger partial charge in [-0.05, 0) is 176 Å². The van der Waals surface area contributed by atoms with Crippen molar-refractivity contribution >= 4 is 92.7 Å². The van der Waals surface area contributed by atoms with Crippen LogP contribution in [0.3, 0.4) is 0 Å². The molecule has 0 saturated heterocycles. The minimum Gasteiger partial charge on any atom is -0.508 e. The van der Waals surface area contributed by atoms with Crippen molar-refractivity contribution < 1.29 is 54.1 Å². The van der Waals surface area contributed by atoms with Crippen molar-refractivity contribution in [3.63, 3.8) is 0 Å². The van der Waals surface area contributed by atoms with Crippen LogP contribution >= 0.6 is 74.4 Å². The molecule has 0 bridgehead atoms. The van der Waals surface area contributed by atoms with Crippen molar-refractivity contribution in [1.29, 1.82) is 0 Å². The number of hydrogen-bond acceptors (Lipinski definition) is 23. The van der Waals surface area contributed by atoms with E-state index in [2.05, 4.69) is 132 Å². The number of rotatable bonds is 43. The third kappa shape index (κ3) is 66.0. The van der Waals surface area contributed by atoms with Gasteiger partial charge in [0.25, 0.3) is 0 Å². The van der Waals surface area contributed by atoms with Gasteiger partial charge in [0.1, 0.15) is 28.3 Å². The van der Waals surface area contributed by atoms with Gasteiger partial charge in [0.2, 0.25) is 0 Å². The maximum atomic E-state index is 12.6. The Kier molecular flexibility index (Phi) is 82.1. The summed E-state index contributed by atoms with van der Waals surface area (Å²) in [5, 5.41) is 57.5. The second-order valence-corrected chi connectivity index (χ2v) is 27.1. The molecule has 0 fully saturated rings. The number of halogens is 6. The summed E-state index contributed by atoms with van der Waals surface area (Å²) in [5.41, 5.74) is 22.2. The van der Waals surface area contributed by atoms with Crippen molar-refractivity contribution in [2.75, 3.05) is 183 Å². The molecule has 0 saturated carbocycles. The average Bonchev–Trinajstić information content (AvgIpc) is 0.891. The molecule has 32 heteroatoms. The number of nitrogens with one attached hydrogen (secondary N) is 4. The van der Waals surface area contributed by atoms with Gasteiger partial charge in [-0.15, -0.1) is 74.4 Å². The number of aromatic hydroxyl groups is 2. The van der Waals surface area contributed by atoms with E-state index in [-0.39, 0.29) is 131 Å². The second-order valence-electron chi connectivity index (χ2n) is 27.1. The van der Waals surface area contributed by atoms with Crippen molar-refractivity contribution in [3.05, 3.63) is 59.7 Å². The third-order valence-corrected chi connectivity index (χ3v) is 15.6. The lowest BCUT2D eigenvalue weighted by Gasteiger charge is -2.35. The standard InChI is InChI=1S/C21H39N3O.C20H39N3O7.C15H35N3O.C11H19N3O.C5H15N3O.6ClH/c1-6-22(7-2)15-16-23(8-3)18-20(24(9-4)10-5)17-19-11-13-21(25)14-12-19;1-18(2,3)28-15(25)21-10-11-23(17(27)30-20(7,8)9)12-14(13-24)22-16(26)29-19(4,5)6;1-6-16(7-2)11-12-17(8-3)13-15(14-19)18(9-4)10-5;12-5-6-14-8-10(13)7-9-1-3-11(15)4-2-9;6-1-2-8-3-5(7)4-9;;;;;;/h11-14,20,25H,6-10,15-18H2,1-5H3;14,24H,10-13H2,1-9H3,(H,21,25)(H,22,26);15,19H,6-14H2,1-5H3;1-4,10,14-15H,5-8,12-13H2;5,8-9H,1-4,6-7H2;6*1H. The Hall–Kier alpha value is -3.01. The van der Waals surface area contributed by atoms with E-state index in [1.807, 2.05) is 12.1 Å². The minimum atomic E-state index is -0.783. The molecule has 0 aliphatic rings. The summed E-state index contributed by atoms with van der Waals surface area (Å²) in [7, 11) is 0. The average molecular weight is 1620 g/mol. The number of phenols is 2. The molecule has 26 nitrogen and oxygen atoms in total. The number of hydrogen-bond donors (Lipinski definition) is 13. The molecular formula is C72H153Cl6N15O11. The van der Waals surface area contributed by atoms with E-state index in [1.165, 1.54) is 10.5 Å². The zero-order valence-electron chi connectivity index (χ0n) is 67.3. The molecule has 17 N–H and O–H groups in total. The summed E-state index contributed by atoms with van der Waals surface area (Å²) in [5.74, 6) is 0.631. The monoisotopic (exact) mass is 1610 g/mol. The molecular weight excluding hydrogens is 1460 g/mol. The van der Waals surface area contributed by atoms with Gasteiger partial charge in [-0.2, -0.15) is 0 Å². The summed E-state index contributed by atoms with van der Waals surface area (Å²) in [6.07, 6.45) is -0.130. The van der Waals surface area contributed by atoms with Crippen LogP contribution < -0.4 is 44.2 Å². The van der Waals surface area contributed by atoms with Crippen molar-refractivity contribution in [2.45, 2.75) is 191 Å². The Morgan fingerprint density at radius 1 is 0.433 bits per heavy atom. The highest BCUT2D eigenvalue weighted by molar-refractivity contribution is 5.86. The quantitative estimate of drug-likeness (QED) is 0.0226. The molecule has 0 aliphatic carbocycles. The summed E-state index contributed by atoms with van der Waals surface area (Å²) in [4.78, 5) is 52.6. The van der Waals surface area contributed by atoms with E-state index in [0.29, 0.717) is 31.4 Å². The van der Waals surface area contributed by atoms with Gasteiger partial charge in [0.15, 0.2) is 0 Å². The van der Waals surface area contributed by atoms with Gasteiger partial charge in [-0.3, -0.25) is 9.80 Å². The van der Waals surface area contributed by atoms with Crippen LogP contribution in [0.5, 0.6) is 11.5 Å². The van der Waals surface area contributed by atoms with Crippen molar-refractivity contribution in [2.24, 2.45) is 22.9 Å². The Morgan fingerprint density at radius 2 is 0.788 bits per heavy atom. The molecule has 2 rings (SSSR count). The molecule has 0 heterocycles. The van der Waals surface area contributed by atoms with Gasteiger partial charge < -0.3 is 108 Å². The first-order valence-corrected chi connectivity index (χ1v) is 36.2. The Labute approximate surface area is 667 Å². The molecule has 2 aromatic carbocycles. The van der Waals surface area contributed by atoms with E-state index in [9.17, 15) is 29.7 Å². The van der Waals surface area contributed by atoms with Gasteiger partial charge >= 0.3 is 18.3 Å². The molecule has 104 heavy (non-hydrogen) atoms. The summed E-state index contributed by atoms with van der Waals surface area (Å²) >= 11 is 0. The lowest BCUT2D eigenvalue weighted by Crippen LogP contribution is -2.51. The second kappa shape index (κ2) is 71.6. The first-order valence-electron chi connectivity index (χ1n) is 36.2. The number of ether oxygens (including phenoxy) is 3. The first-order chi connectivity index (χ1) is 46.2. The van der Waals surface area contributed by atoms with Crippen LogP contribution in [0.2, 0.25) is 0 Å². The normalized spacial score (nSPS) is 12.5. The Morgan fingerprint density at radius 3 is 1.13 bits per heavy atom. The Bertz CT molecular complexity index is 2230. The minimum absolute atomic E-state index is 0. The zero-order valence-corrected chi connectivity index (χ0v) is 72.2. The van der Waals surface area contributed by atoms with Crippen LogP contribution in [0, 0.1) is 0 Å². The van der Waals surface area contributed by atoms with Crippen molar-refractivity contribution in [1.82, 2.24) is 55.6 Å². The lowest BCUT2D eigenvalue weighted by molar-refractivity contribution is 0.0186. The van der Waals surface area contributed by atoms with E-state index < -0.39 is 47.7 Å². The molecule has 0 aliphatic heterocycles. The molecule has 2 aromatic rings. The lowest BCUT2D eigenvalue weighted by atomic mass is 10.0. The maximum Gasteiger partial charge on any atom is 0.410 e. The van der Waals surface area contributed by atoms with Gasteiger partial charge in [0, 0.05) is 122 Å². The fourth-order valence-corrected chi connectivity index (χ4v) is 9.91. The largest absolute Gasteiger partial charge is 0.508 e. The highest BCUT2D eigenvalue weighted by atomic mass is 35.5. The number of nitrogens with two attached hydrogens (primary N) is 4. The van der Waals surface area contributed by atoms with Crippen LogP contribution in [0.1, 0.15) is 143 Å². The van der Waals surface area contributed by atoms with Crippen LogP contribution in [-0.4, -0.2) is 309 Å². The topological polar surface area (TPSA) is 355 Å². The van der Waals surface area contributed by atoms with Gasteiger partial charge in [-0.1, -0.05) is 93.5 Å². The predicted octanol–water partition coefficient (Wildman–Crippen LogP) is 7.49. The van der Waals surface area contributed by atoms with Crippen LogP contribution in [0.25, 0.3) is 0 Å². The van der Waals surface area contributed by atoms with Crippen LogP contribution in [0.4, 0.5) is 14.4 Å². The Balaban J connectivity index is -0.000000159.